The normalized spacial score (nSPS) is 13.2. The maximum Gasteiger partial charge on any atom is 0.379 e. The van der Waals surface area contributed by atoms with Gasteiger partial charge in [0, 0.05) is 93.9 Å². The van der Waals surface area contributed by atoms with Crippen LogP contribution in [0.2, 0.25) is 0 Å². The summed E-state index contributed by atoms with van der Waals surface area (Å²) < 4.78 is 79.7. The average Bonchev–Trinajstić information content (AvgIpc) is 1.67. The molecule has 674 valence electrons. The summed E-state index contributed by atoms with van der Waals surface area (Å²) in [5, 5.41) is 49.8. The van der Waals surface area contributed by atoms with Gasteiger partial charge in [-0.15, -0.1) is 0 Å². The van der Waals surface area contributed by atoms with Crippen LogP contribution in [0.5, 0.6) is 0 Å². The number of nitrogens with zero attached hydrogens (tertiary/aromatic N) is 12. The zero-order valence-corrected chi connectivity index (χ0v) is 74.3. The minimum Gasteiger partial charge on any atom is -0.475 e. The number of fused-ring (bicyclic) bond motifs is 7. The van der Waals surface area contributed by atoms with Gasteiger partial charge in [0.2, 0.25) is 0 Å². The van der Waals surface area contributed by atoms with Crippen LogP contribution in [0.4, 0.5) is 13.2 Å². The number of aromatic amines is 2. The van der Waals surface area contributed by atoms with Gasteiger partial charge in [-0.05, 0) is 233 Å². The Morgan fingerprint density at radius 2 is 0.758 bits per heavy atom. The van der Waals surface area contributed by atoms with E-state index in [-0.39, 0.29) is 59.8 Å². The topological polar surface area (TPSA) is 393 Å². The molecule has 0 bridgehead atoms. The van der Waals surface area contributed by atoms with Crippen molar-refractivity contribution in [1.29, 1.82) is 0 Å². The number of H-pyrrole nitrogens is 2. The predicted octanol–water partition coefficient (Wildman–Crippen LogP) is 17.3. The molecule has 2 atom stereocenters. The molecule has 0 aliphatic carbocycles. The van der Waals surface area contributed by atoms with Crippen molar-refractivity contribution in [3.8, 4) is 0 Å². The first-order chi connectivity index (χ1) is 63.8. The van der Waals surface area contributed by atoms with Gasteiger partial charge in [0.15, 0.2) is 12.5 Å². The number of hydrogen-bond acceptors (Lipinski definition) is 23. The molecule has 0 saturated carbocycles. The number of halogens is 5. The molecule has 132 heavy (non-hydrogen) atoms. The highest BCUT2D eigenvalue weighted by atomic mass is 79.9. The van der Waals surface area contributed by atoms with E-state index in [1.807, 2.05) is 39.8 Å². The third-order valence-electron chi connectivity index (χ3n) is 20.6. The molecule has 9 heterocycles. The summed E-state index contributed by atoms with van der Waals surface area (Å²) in [5.74, 6) is -9.43. The van der Waals surface area contributed by atoms with E-state index in [0.717, 1.165) is 130 Å². The largest absolute Gasteiger partial charge is 0.475 e. The van der Waals surface area contributed by atoms with Gasteiger partial charge in [-0.2, -0.15) is 35.7 Å². The summed E-state index contributed by atoms with van der Waals surface area (Å²) in [4.78, 5) is 115. The molecule has 2 aliphatic rings. The van der Waals surface area contributed by atoms with Gasteiger partial charge < -0.3 is 33.5 Å². The predicted molar refractivity (Wildman–Crippen MR) is 487 cm³/mol. The van der Waals surface area contributed by atoms with Crippen LogP contribution >= 0.6 is 31.9 Å². The number of nitrogens with one attached hydrogen (secondary N) is 2. The quantitative estimate of drug-likeness (QED) is 0.0276. The molecule has 2 saturated heterocycles. The highest BCUT2D eigenvalue weighted by Gasteiger charge is 2.26. The molecule has 0 amide bonds. The Morgan fingerprint density at radius 3 is 1.20 bits per heavy atom. The van der Waals surface area contributed by atoms with Crippen molar-refractivity contribution in [3.63, 3.8) is 0 Å². The molecule has 17 aromatic rings. The van der Waals surface area contributed by atoms with E-state index in [2.05, 4.69) is 104 Å². The van der Waals surface area contributed by atoms with Crippen LogP contribution in [0, 0.1) is 17.5 Å². The highest BCUT2D eigenvalue weighted by molar-refractivity contribution is 9.10. The molecule has 31 nitrogen and oxygen atoms in total. The smallest absolute Gasteiger partial charge is 0.379 e. The number of Topliss-reactive ketones (excluding diaryl/α,β-unsaturated/α-hetero) is 5. The second-order valence-electron chi connectivity index (χ2n) is 29.6. The van der Waals surface area contributed by atoms with E-state index in [4.69, 9.17) is 19.3 Å². The van der Waals surface area contributed by atoms with Gasteiger partial charge in [-0.1, -0.05) is 68.3 Å². The number of carbonyl (C=O) groups excluding carboxylic acids is 9. The molecule has 2 unspecified atom stereocenters. The lowest BCUT2D eigenvalue weighted by Crippen LogP contribution is -2.19. The molecule has 2 fully saturated rings. The van der Waals surface area contributed by atoms with Crippen LogP contribution in [0.25, 0.3) is 76.3 Å². The average molecular weight is 1920 g/mol. The number of esters is 4. The van der Waals surface area contributed by atoms with Crippen LogP contribution in [0.1, 0.15) is 133 Å². The number of methoxy groups -OCH3 is 2. The molecule has 0 spiro atoms. The van der Waals surface area contributed by atoms with Gasteiger partial charge in [0.25, 0.3) is 28.9 Å². The van der Waals surface area contributed by atoms with E-state index in [9.17, 15) is 61.1 Å². The third kappa shape index (κ3) is 24.2. The van der Waals surface area contributed by atoms with E-state index >= 15 is 0 Å². The van der Waals surface area contributed by atoms with Crippen LogP contribution in [0.15, 0.2) is 253 Å². The molecular weight excluding hydrogens is 1840 g/mol. The van der Waals surface area contributed by atoms with Crippen molar-refractivity contribution in [1.82, 2.24) is 69.3 Å². The molecule has 19 rings (SSSR count). The highest BCUT2D eigenvalue weighted by Crippen LogP contribution is 2.31. The van der Waals surface area contributed by atoms with E-state index < -0.39 is 58.8 Å². The zero-order chi connectivity index (χ0) is 93.5. The Morgan fingerprint density at radius 1 is 0.402 bits per heavy atom. The zero-order valence-electron chi connectivity index (χ0n) is 71.2. The number of ether oxygens (including phenoxy) is 6. The van der Waals surface area contributed by atoms with Crippen molar-refractivity contribution in [2.75, 3.05) is 40.6 Å². The fourth-order valence-corrected chi connectivity index (χ4v) is 14.7. The monoisotopic (exact) mass is 1920 g/mol. The van der Waals surface area contributed by atoms with Crippen LogP contribution in [-0.4, -0.2) is 174 Å². The van der Waals surface area contributed by atoms with Gasteiger partial charge in [-0.25, -0.2) is 46.5 Å². The maximum absolute atomic E-state index is 12.9. The first-order valence-electron chi connectivity index (χ1n) is 41.2. The maximum atomic E-state index is 12.9. The number of aromatic nitrogens is 14. The number of ketones is 5. The Hall–Kier alpha value is -15.1. The van der Waals surface area contributed by atoms with Crippen molar-refractivity contribution < 1.29 is 94.6 Å². The first kappa shape index (κ1) is 94.5. The minimum atomic E-state index is -1.49. The van der Waals surface area contributed by atoms with Crippen molar-refractivity contribution in [2.45, 2.75) is 84.5 Å². The standard InChI is InChI=1S/2C17H13FN2O3.C16H11FN2O3.C16H18N2O4.C12H13BrN2O.C11H10N2O3.C7H5BrN2/c1-23-17(22)16(21)12-4-7-15-13(8-12)9-19-20(15)10-11-2-5-14(18)6-3-11;1-23-17(22)16(21)12-4-7-15-13(8-12)10-20(19-15)9-11-2-5-14(18)6-3-11;17-13-4-1-10(2-5-13)9-19-14-6-3-11(15(20)16(21)22)7-12(14)8-18-19;1-2-21-16(20)15(19)11-6-7-13-12(9-11)10-17-18(13)14-5-3-4-8-22-14;13-10-4-5-11-9(7-10)8-14-15(11)12-3-1-2-6-16-12;1-2-16-11(15)10(14)7-3-4-9-8(5-7)6-12-13-9;8-6-1-2-7-5(3-6)4-9-10-7/h2-9H,10H2,1H3;2-8,10H,9H2,1H3;1-8H,9H2,(H,21,22);6-7,9-10,14H,2-5,8H2,1H3;4-5,7-8,12H,1-3,6H2;3-6H,2H2,1H3,(H,12,13);1-4H,(H,9,10). The van der Waals surface area contributed by atoms with E-state index in [1.54, 1.807) is 174 Å². The summed E-state index contributed by atoms with van der Waals surface area (Å²) in [6.07, 6.45) is 18.6. The van der Waals surface area contributed by atoms with Crippen LogP contribution in [-0.2, 0) is 72.0 Å². The Balaban J connectivity index is 0.000000132. The number of hydrogen-bond donors (Lipinski definition) is 3. The number of carbonyl (C=O) groups is 10. The summed E-state index contributed by atoms with van der Waals surface area (Å²) in [6, 6.07) is 55.0. The summed E-state index contributed by atoms with van der Waals surface area (Å²) in [5.41, 5.74) is 10.2. The van der Waals surface area contributed by atoms with E-state index in [0.29, 0.717) is 41.7 Å². The second-order valence-corrected chi connectivity index (χ2v) is 31.4. The van der Waals surface area contributed by atoms with Crippen molar-refractivity contribution >= 4 is 167 Å². The summed E-state index contributed by atoms with van der Waals surface area (Å²) >= 11 is 6.84. The van der Waals surface area contributed by atoms with Crippen molar-refractivity contribution in [2.24, 2.45) is 0 Å². The molecule has 10 aromatic carbocycles. The van der Waals surface area contributed by atoms with Gasteiger partial charge in [-0.3, -0.25) is 48.2 Å². The Labute approximate surface area is 765 Å². The lowest BCUT2D eigenvalue weighted by molar-refractivity contribution is -0.138. The fourth-order valence-electron chi connectivity index (χ4n) is 14.0. The Bertz CT molecular complexity index is 7020. The number of rotatable bonds is 20. The number of carboxylic acids is 1. The number of aliphatic carboxylic acids is 1. The summed E-state index contributed by atoms with van der Waals surface area (Å²) in [6.45, 7) is 6.71. The van der Waals surface area contributed by atoms with Gasteiger partial charge >= 0.3 is 29.8 Å². The van der Waals surface area contributed by atoms with Crippen LogP contribution in [0.3, 0.4) is 0 Å². The molecule has 3 N–H and O–H groups in total. The lowest BCUT2D eigenvalue weighted by Gasteiger charge is -2.23. The molecule has 2 aliphatic heterocycles. The van der Waals surface area contributed by atoms with E-state index in [1.165, 1.54) is 81.7 Å². The lowest BCUT2D eigenvalue weighted by atomic mass is 10.1. The molecule has 7 aromatic heterocycles. The van der Waals surface area contributed by atoms with Crippen molar-refractivity contribution in [3.05, 3.63) is 314 Å². The first-order valence-corrected chi connectivity index (χ1v) is 42.8. The SMILES string of the molecule is Brc1ccc2[nH]ncc2c1.Brc1ccc2c(cnn2C2CCCCO2)c1.CCOC(=O)C(=O)c1ccc2[nH]ncc2c1.CCOC(=O)C(=O)c1ccc2c(cnn2C2CCCCO2)c1.COC(=O)C(=O)c1ccc2c(cnn2Cc2ccc(F)cc2)c1.COC(=O)C(=O)c1ccc2nn(Cc3ccc(F)cc3)cc2c1.O=C(O)C(=O)c1ccc2c(cnn2Cc2ccc(F)cc2)c1. The van der Waals surface area contributed by atoms with Crippen LogP contribution < -0.4 is 0 Å². The molecular formula is C96H83Br2F3N14O17. The number of benzene rings is 10. The Kier molecular flexibility index (Phi) is 32.0. The minimum absolute atomic E-state index is 0.0575. The number of carboxylic acid groups (broad SMARTS) is 1. The summed E-state index contributed by atoms with van der Waals surface area (Å²) in [7, 11) is 2.33. The third-order valence-corrected chi connectivity index (χ3v) is 21.6. The van der Waals surface area contributed by atoms with Gasteiger partial charge in [0.05, 0.1) is 123 Å². The second kappa shape index (κ2) is 44.7. The molecule has 0 radical (unpaired) electrons. The molecule has 36 heteroatoms. The van der Waals surface area contributed by atoms with Gasteiger partial charge in [0.1, 0.15) is 17.5 Å². The fraction of sp³-hybridized carbons (Fsp3) is 0.198.